The molecule has 86 heavy (non-hydrogen) atoms. The van der Waals surface area contributed by atoms with Crippen LogP contribution in [0.4, 0.5) is 20.2 Å². The first-order valence-electron chi connectivity index (χ1n) is 27.4. The van der Waals surface area contributed by atoms with Gasteiger partial charge in [0.05, 0.1) is 22.4 Å². The minimum absolute atomic E-state index is 0.0314. The fourth-order valence-electron chi connectivity index (χ4n) is 11.8. The number of β-lactam (4-membered cyclic amide) rings is 2. The number of piperazine rings is 2. The number of carboxylic acids is 4. The molecule has 2 aromatic carbocycles. The number of hydrogen-bond donors (Lipinski definition) is 8. The summed E-state index contributed by atoms with van der Waals surface area (Å²) >= 11 is 2.82. The predicted octanol–water partition coefficient (Wildman–Crippen LogP) is 1.35. The van der Waals surface area contributed by atoms with Crippen LogP contribution >= 0.6 is 23.5 Å². The summed E-state index contributed by atoms with van der Waals surface area (Å²) in [5, 5.41) is 40.4. The first kappa shape index (κ1) is 60.4. The number of nitrogens with two attached hydrogens (primary N) is 4. The summed E-state index contributed by atoms with van der Waals surface area (Å²) in [7, 11) is 0. The van der Waals surface area contributed by atoms with Gasteiger partial charge in [-0.1, -0.05) is 0 Å². The van der Waals surface area contributed by atoms with Crippen LogP contribution in [0, 0.1) is 18.2 Å². The molecule has 28 nitrogen and oxygen atoms in total. The average molecular weight is 1230 g/mol. The minimum Gasteiger partial charge on any atom is -0.480 e. The normalized spacial score (nSPS) is 25.1. The number of anilines is 2. The maximum atomic E-state index is 15.3. The Kier molecular flexibility index (Phi) is 15.9. The monoisotopic (exact) mass is 1230 g/mol. The van der Waals surface area contributed by atoms with Crippen molar-refractivity contribution in [2.45, 2.75) is 110 Å². The second-order valence-corrected chi connectivity index (χ2v) is 26.4. The van der Waals surface area contributed by atoms with Crippen molar-refractivity contribution >= 4 is 110 Å². The van der Waals surface area contributed by atoms with Crippen molar-refractivity contribution in [3.63, 3.8) is 0 Å². The SMILES string of the molecule is CC1(C)SC2C(N)C(=O)N2C1C(=O)O.CC1(C)SC2C(N=C(N)N=C(N)N3CCN(c4cc5c(cc4F)c(=O)c(C(=O)O)cn5C4CC4)CC3)C(=O)N2C1C(=O)O.[C-]#[N+]N=C(N)N1CCN(c2cc3c(cc2F)c(=O)c(C(=O)O)cn3C2CC2)CC1. The molecule has 12 rings (SSSR count). The van der Waals surface area contributed by atoms with E-state index < -0.39 is 91.3 Å². The van der Waals surface area contributed by atoms with E-state index in [0.717, 1.165) is 37.8 Å². The first-order valence-corrected chi connectivity index (χ1v) is 29.1. The average Bonchev–Trinajstić information content (AvgIpc) is 1.65. The molecule has 32 heteroatoms. The Morgan fingerprint density at radius 3 is 1.43 bits per heavy atom. The summed E-state index contributed by atoms with van der Waals surface area (Å²) in [6, 6.07) is 2.59. The Morgan fingerprint density at radius 1 is 0.628 bits per heavy atom. The Bertz CT molecular complexity index is 3810. The van der Waals surface area contributed by atoms with Crippen molar-refractivity contribution in [3.8, 4) is 0 Å². The van der Waals surface area contributed by atoms with E-state index in [9.17, 15) is 58.1 Å². The molecule has 6 saturated heterocycles. The number of carbonyl (C=O) groups is 6. The Hall–Kier alpha value is -8.70. The highest BCUT2D eigenvalue weighted by Gasteiger charge is 2.65. The lowest BCUT2D eigenvalue weighted by atomic mass is 9.96. The van der Waals surface area contributed by atoms with Crippen LogP contribution < -0.4 is 43.6 Å². The molecule has 12 N–H and O–H groups in total. The second-order valence-electron chi connectivity index (χ2n) is 22.9. The van der Waals surface area contributed by atoms with Gasteiger partial charge in [0.2, 0.25) is 22.7 Å². The van der Waals surface area contributed by atoms with E-state index in [-0.39, 0.29) is 63.1 Å². The maximum Gasteiger partial charge on any atom is 0.341 e. The number of amides is 2. The molecule has 8 aliphatic rings. The van der Waals surface area contributed by atoms with E-state index >= 15 is 4.39 Å². The number of guanidine groups is 3. The number of fused-ring (bicyclic) bond motifs is 4. The van der Waals surface area contributed by atoms with Gasteiger partial charge in [-0.15, -0.1) is 28.5 Å². The number of hydrogen-bond acceptors (Lipinski definition) is 15. The molecule has 8 fully saturated rings. The molecule has 0 radical (unpaired) electrons. The zero-order valence-electron chi connectivity index (χ0n) is 46.9. The van der Waals surface area contributed by atoms with Gasteiger partial charge in [0.15, 0.2) is 12.0 Å². The third-order valence-corrected chi connectivity index (χ3v) is 19.6. The van der Waals surface area contributed by atoms with E-state index in [2.05, 4.69) is 20.0 Å². The van der Waals surface area contributed by atoms with Crippen LogP contribution in [0.3, 0.4) is 0 Å². The quantitative estimate of drug-likeness (QED) is 0.0385. The summed E-state index contributed by atoms with van der Waals surface area (Å²) in [6.07, 6.45) is 6.19. The van der Waals surface area contributed by atoms with Crippen molar-refractivity contribution in [2.24, 2.45) is 38.0 Å². The molecule has 6 unspecified atom stereocenters. The zero-order chi connectivity index (χ0) is 62.3. The van der Waals surface area contributed by atoms with E-state index in [1.54, 1.807) is 44.9 Å². The fourth-order valence-corrected chi connectivity index (χ4v) is 15.0. The molecule has 6 atom stereocenters. The van der Waals surface area contributed by atoms with E-state index in [1.165, 1.54) is 45.7 Å². The van der Waals surface area contributed by atoms with Gasteiger partial charge in [0.1, 0.15) is 56.7 Å². The highest BCUT2D eigenvalue weighted by Crippen LogP contribution is 2.52. The third-order valence-electron chi connectivity index (χ3n) is 16.4. The second kappa shape index (κ2) is 22.6. The summed E-state index contributed by atoms with van der Waals surface area (Å²) in [5.74, 6) is -6.54. The number of benzene rings is 2. The molecule has 0 spiro atoms. The molecule has 6 aliphatic heterocycles. The number of aliphatic carboxylic acids is 2. The number of pyridine rings is 2. The molecule has 2 aliphatic carbocycles. The van der Waals surface area contributed by atoms with Crippen molar-refractivity contribution in [2.75, 3.05) is 62.2 Å². The molecule has 2 amide bonds. The van der Waals surface area contributed by atoms with Gasteiger partial charge in [-0.25, -0.2) is 33.0 Å². The van der Waals surface area contributed by atoms with Gasteiger partial charge in [-0.2, -0.15) is 11.6 Å². The molecule has 2 aromatic heterocycles. The Labute approximate surface area is 496 Å². The molecule has 4 aromatic rings. The standard InChI is InChI=1S/C27H31FN8O6S.C19H19FN6O3.C8H12N2O3S/c1-27(2)20(24(41)42)36-21(38)18(22(36)43-27)31-25(29)32-26(30)34-7-5-33(6-8-34)17-10-16-13(9-15(17)28)19(37)14(23(39)40)11-35(16)12-3-4-12;1-22-23-19(21)25-6-4-24(5-7-25)16-9-15-12(8-14(16)20)17(27)13(18(28)29)10-26(15)11-2-3-11;1-8(2)4(7(12)13)10-5(11)3(9)6(10)14-8/h9-12,18,20,22H,3-8H2,1-2H3,(H,39,40)(H,41,42)(H4,29,30,31,32);8-11H,2-7H2,(H2,21,23)(H,28,29);3-4,6H,9H2,1-2H3,(H,12,13). The summed E-state index contributed by atoms with van der Waals surface area (Å²) in [6.45, 7) is 17.3. The number of nitrogens with zero attached hydrogens (tertiary/aromatic N) is 12. The van der Waals surface area contributed by atoms with Crippen LogP contribution in [-0.4, -0.2) is 199 Å². The lowest BCUT2D eigenvalue weighted by molar-refractivity contribution is -0.159. The van der Waals surface area contributed by atoms with Crippen LogP contribution in [0.5, 0.6) is 0 Å². The Balaban J connectivity index is 0.000000163. The molecular weight excluding hydrogens is 1170 g/mol. The van der Waals surface area contributed by atoms with E-state index in [0.29, 0.717) is 74.8 Å². The van der Waals surface area contributed by atoms with E-state index in [4.69, 9.17) is 34.6 Å². The number of aromatic carboxylic acids is 2. The molecule has 8 heterocycles. The number of carbonyl (C=O) groups excluding carboxylic acids is 2. The van der Waals surface area contributed by atoms with Gasteiger partial charge >= 0.3 is 23.9 Å². The van der Waals surface area contributed by atoms with Crippen molar-refractivity contribution in [1.82, 2.24) is 28.7 Å². The highest BCUT2D eigenvalue weighted by atomic mass is 32.2. The zero-order valence-corrected chi connectivity index (χ0v) is 48.5. The lowest BCUT2D eigenvalue weighted by Crippen LogP contribution is -2.68. The van der Waals surface area contributed by atoms with Crippen LogP contribution in [-0.2, 0) is 19.2 Å². The smallest absolute Gasteiger partial charge is 0.341 e. The number of aromatic nitrogens is 2. The summed E-state index contributed by atoms with van der Waals surface area (Å²) < 4.78 is 32.6. The van der Waals surface area contributed by atoms with Gasteiger partial charge in [-0.3, -0.25) is 19.2 Å². The number of halogens is 2. The predicted molar refractivity (Wildman–Crippen MR) is 315 cm³/mol. The van der Waals surface area contributed by atoms with Crippen molar-refractivity contribution in [3.05, 3.63) is 91.4 Å². The number of thioether (sulfide) groups is 2. The number of carboxylic acid groups (broad SMARTS) is 4. The minimum atomic E-state index is -1.35. The van der Waals surface area contributed by atoms with Gasteiger partial charge < -0.3 is 81.9 Å². The van der Waals surface area contributed by atoms with Gasteiger partial charge in [0.25, 0.3) is 11.9 Å². The largest absolute Gasteiger partial charge is 0.480 e. The van der Waals surface area contributed by atoms with Gasteiger partial charge in [0, 0.05) is 97.1 Å². The van der Waals surface area contributed by atoms with Crippen LogP contribution in [0.2, 0.25) is 0 Å². The highest BCUT2D eigenvalue weighted by molar-refractivity contribution is 8.02. The molecule has 2 saturated carbocycles. The van der Waals surface area contributed by atoms with Crippen LogP contribution in [0.15, 0.2) is 61.3 Å². The maximum absolute atomic E-state index is 15.3. The Morgan fingerprint density at radius 2 is 1.03 bits per heavy atom. The van der Waals surface area contributed by atoms with Crippen molar-refractivity contribution < 1.29 is 58.0 Å². The molecular formula is C54H62F2N16O12S2. The van der Waals surface area contributed by atoms with Crippen LogP contribution in [0.1, 0.15) is 86.2 Å². The lowest BCUT2D eigenvalue weighted by Gasteiger charge is -2.41. The molecule has 456 valence electrons. The fraction of sp³-hybridized carbons (Fsp3) is 0.481. The first-order chi connectivity index (χ1) is 40.5. The summed E-state index contributed by atoms with van der Waals surface area (Å²) in [5.41, 5.74) is 23.1. The molecule has 0 bridgehead atoms. The van der Waals surface area contributed by atoms with Crippen LogP contribution in [0.25, 0.3) is 26.8 Å². The van der Waals surface area contributed by atoms with E-state index in [1.807, 2.05) is 23.6 Å². The topological polar surface area (TPSA) is 392 Å². The van der Waals surface area contributed by atoms with Crippen molar-refractivity contribution in [1.29, 1.82) is 0 Å². The summed E-state index contributed by atoms with van der Waals surface area (Å²) in [4.78, 5) is 116. The van der Waals surface area contributed by atoms with Gasteiger partial charge in [-0.05, 0) is 77.6 Å². The third kappa shape index (κ3) is 11.0. The number of rotatable bonds is 9. The number of aliphatic imine (C=N–C) groups is 2.